The molecule has 2 aliphatic rings. The van der Waals surface area contributed by atoms with E-state index in [2.05, 4.69) is 25.7 Å². The monoisotopic (exact) mass is 314 g/mol. The van der Waals surface area contributed by atoms with Gasteiger partial charge in [-0.3, -0.25) is 9.69 Å². The Labute approximate surface area is 140 Å². The van der Waals surface area contributed by atoms with E-state index in [0.29, 0.717) is 12.5 Å². The molecule has 134 valence electrons. The number of piperidine rings is 1. The van der Waals surface area contributed by atoms with Crippen molar-refractivity contribution in [1.82, 2.24) is 9.80 Å². The molecule has 0 bridgehead atoms. The first-order valence-corrected chi connectivity index (χ1v) is 9.67. The van der Waals surface area contributed by atoms with Gasteiger partial charge in [-0.1, -0.05) is 54.9 Å². The average Bonchev–Trinajstić information content (AvgIpc) is 3.09. The van der Waals surface area contributed by atoms with Gasteiger partial charge in [-0.2, -0.15) is 0 Å². The van der Waals surface area contributed by atoms with E-state index in [0.717, 1.165) is 32.1 Å². The Morgan fingerprint density at radius 1 is 0.909 bits per heavy atom. The summed E-state index contributed by atoms with van der Waals surface area (Å²) in [6.07, 6.45) is 6.16. The summed E-state index contributed by atoms with van der Waals surface area (Å²) < 4.78 is 0. The molecule has 0 radical (unpaired) electrons. The highest BCUT2D eigenvalue weighted by Gasteiger charge is 2.22. The lowest BCUT2D eigenvalue weighted by molar-refractivity contribution is -0.131. The third-order valence-corrected chi connectivity index (χ3v) is 3.69. The summed E-state index contributed by atoms with van der Waals surface area (Å²) in [4.78, 5) is 16.2. The van der Waals surface area contributed by atoms with Crippen LogP contribution in [0.3, 0.4) is 0 Å². The third-order valence-electron chi connectivity index (χ3n) is 3.69. The molecule has 22 heavy (non-hydrogen) atoms. The van der Waals surface area contributed by atoms with Crippen molar-refractivity contribution in [2.24, 2.45) is 5.92 Å². The van der Waals surface area contributed by atoms with Crippen molar-refractivity contribution in [3.8, 4) is 0 Å². The number of carbonyl (C=O) groups is 1. The summed E-state index contributed by atoms with van der Waals surface area (Å²) in [6.45, 7) is 19.4. The Hall–Kier alpha value is -0.570. The van der Waals surface area contributed by atoms with E-state index >= 15 is 0 Å². The number of hydrogen-bond donors (Lipinski definition) is 0. The van der Waals surface area contributed by atoms with Crippen molar-refractivity contribution in [2.45, 2.75) is 80.6 Å². The molecule has 0 unspecified atom stereocenters. The molecule has 0 aliphatic carbocycles. The summed E-state index contributed by atoms with van der Waals surface area (Å²) in [5.41, 5.74) is 0. The highest BCUT2D eigenvalue weighted by atomic mass is 16.2. The Kier molecular flexibility index (Phi) is 18.1. The van der Waals surface area contributed by atoms with E-state index in [9.17, 15) is 4.79 Å². The first-order valence-electron chi connectivity index (χ1n) is 9.67. The van der Waals surface area contributed by atoms with Gasteiger partial charge in [0.05, 0.1) is 6.54 Å². The van der Waals surface area contributed by atoms with Crippen LogP contribution in [-0.2, 0) is 4.79 Å². The second-order valence-corrected chi connectivity index (χ2v) is 5.75. The fourth-order valence-corrected chi connectivity index (χ4v) is 2.48. The maximum atomic E-state index is 11.9. The summed E-state index contributed by atoms with van der Waals surface area (Å²) in [5.74, 6) is 1.20. The van der Waals surface area contributed by atoms with Crippen LogP contribution in [0.15, 0.2) is 0 Å². The fraction of sp³-hybridized carbons (Fsp3) is 0.947. The first kappa shape index (κ1) is 23.7. The number of hydrogen-bond acceptors (Lipinski definition) is 2. The lowest BCUT2D eigenvalue weighted by Gasteiger charge is -2.30. The van der Waals surface area contributed by atoms with Crippen molar-refractivity contribution in [3.63, 3.8) is 0 Å². The number of carbonyl (C=O) groups excluding carboxylic acids is 1. The summed E-state index contributed by atoms with van der Waals surface area (Å²) in [7, 11) is 0. The zero-order valence-corrected chi connectivity index (χ0v) is 16.5. The molecule has 0 aromatic carbocycles. The van der Waals surface area contributed by atoms with Crippen molar-refractivity contribution >= 4 is 5.91 Å². The largest absolute Gasteiger partial charge is 0.342 e. The molecule has 2 aliphatic heterocycles. The van der Waals surface area contributed by atoms with Gasteiger partial charge in [0, 0.05) is 13.1 Å². The minimum Gasteiger partial charge on any atom is -0.342 e. The molecule has 3 nitrogen and oxygen atoms in total. The van der Waals surface area contributed by atoms with Crippen LogP contribution < -0.4 is 0 Å². The predicted molar refractivity (Wildman–Crippen MR) is 99.3 cm³/mol. The minimum atomic E-state index is 0.349. The lowest BCUT2D eigenvalue weighted by Crippen LogP contribution is -2.42. The van der Waals surface area contributed by atoms with Crippen LogP contribution in [0.1, 0.15) is 80.6 Å². The quantitative estimate of drug-likeness (QED) is 0.730. The first-order chi connectivity index (χ1) is 10.7. The van der Waals surface area contributed by atoms with Gasteiger partial charge < -0.3 is 4.90 Å². The molecule has 2 saturated heterocycles. The molecule has 0 aromatic heterocycles. The number of rotatable bonds is 2. The average molecular weight is 315 g/mol. The van der Waals surface area contributed by atoms with Gasteiger partial charge in [0.15, 0.2) is 0 Å². The van der Waals surface area contributed by atoms with E-state index in [-0.39, 0.29) is 0 Å². The van der Waals surface area contributed by atoms with Crippen LogP contribution in [0, 0.1) is 5.92 Å². The summed E-state index contributed by atoms with van der Waals surface area (Å²) in [6, 6.07) is 0. The van der Waals surface area contributed by atoms with Crippen LogP contribution in [0.5, 0.6) is 0 Å². The zero-order valence-electron chi connectivity index (χ0n) is 16.5. The number of amides is 1. The second kappa shape index (κ2) is 16.8. The van der Waals surface area contributed by atoms with Crippen LogP contribution in [0.25, 0.3) is 0 Å². The normalized spacial score (nSPS) is 18.2. The maximum absolute atomic E-state index is 11.9. The van der Waals surface area contributed by atoms with Gasteiger partial charge in [0.1, 0.15) is 0 Å². The van der Waals surface area contributed by atoms with Gasteiger partial charge in [-0.25, -0.2) is 0 Å². The van der Waals surface area contributed by atoms with Gasteiger partial charge in [0.2, 0.25) is 5.91 Å². The molecule has 2 fully saturated rings. The van der Waals surface area contributed by atoms with Crippen LogP contribution in [0.2, 0.25) is 0 Å². The molecule has 2 rings (SSSR count). The second-order valence-electron chi connectivity index (χ2n) is 5.75. The van der Waals surface area contributed by atoms with Crippen molar-refractivity contribution < 1.29 is 4.79 Å². The van der Waals surface area contributed by atoms with Gasteiger partial charge in [-0.05, 0) is 44.7 Å². The minimum absolute atomic E-state index is 0.349. The molecule has 3 heteroatoms. The fourth-order valence-electron chi connectivity index (χ4n) is 2.48. The molecule has 1 amide bonds. The van der Waals surface area contributed by atoms with E-state index in [1.165, 1.54) is 32.1 Å². The lowest BCUT2D eigenvalue weighted by atomic mass is 9.99. The maximum Gasteiger partial charge on any atom is 0.236 e. The van der Waals surface area contributed by atoms with Crippen molar-refractivity contribution in [1.29, 1.82) is 0 Å². The zero-order chi connectivity index (χ0) is 17.4. The highest BCUT2D eigenvalue weighted by Crippen LogP contribution is 2.16. The third kappa shape index (κ3) is 11.1. The topological polar surface area (TPSA) is 23.6 Å². The number of nitrogens with zero attached hydrogens (tertiary/aromatic N) is 2. The molecular weight excluding hydrogens is 272 g/mol. The molecule has 0 N–H and O–H groups in total. The molecule has 0 spiro atoms. The SMILES string of the molecule is CC.CC.CC1CCN(CC(=O)N2CCCC2)CC1.CCC. The summed E-state index contributed by atoms with van der Waals surface area (Å²) >= 11 is 0. The van der Waals surface area contributed by atoms with Crippen molar-refractivity contribution in [3.05, 3.63) is 0 Å². The Morgan fingerprint density at radius 3 is 1.73 bits per heavy atom. The standard InChI is InChI=1S/C12H22N2O.C3H8.2C2H6/c1-11-4-8-13(9-5-11)10-12(15)14-6-2-3-7-14;1-3-2;2*1-2/h11H,2-10H2,1H3;3H2,1-2H3;2*1-2H3. The van der Waals surface area contributed by atoms with Crippen LogP contribution in [-0.4, -0.2) is 48.4 Å². The Morgan fingerprint density at radius 2 is 1.32 bits per heavy atom. The van der Waals surface area contributed by atoms with Gasteiger partial charge in [-0.15, -0.1) is 0 Å². The van der Waals surface area contributed by atoms with Crippen LogP contribution >= 0.6 is 0 Å². The summed E-state index contributed by atoms with van der Waals surface area (Å²) in [5, 5.41) is 0. The van der Waals surface area contributed by atoms with E-state index in [1.807, 2.05) is 32.6 Å². The van der Waals surface area contributed by atoms with Gasteiger partial charge in [0.25, 0.3) is 0 Å². The Bertz CT molecular complexity index is 230. The molecule has 0 aromatic rings. The van der Waals surface area contributed by atoms with Crippen molar-refractivity contribution in [2.75, 3.05) is 32.7 Å². The Balaban J connectivity index is 0. The molecule has 0 atom stereocenters. The molecular formula is C19H42N2O. The smallest absolute Gasteiger partial charge is 0.236 e. The van der Waals surface area contributed by atoms with E-state index < -0.39 is 0 Å². The highest BCUT2D eigenvalue weighted by molar-refractivity contribution is 5.78. The van der Waals surface area contributed by atoms with E-state index in [4.69, 9.17) is 0 Å². The van der Waals surface area contributed by atoms with Gasteiger partial charge >= 0.3 is 0 Å². The molecule has 2 heterocycles. The number of likely N-dealkylation sites (tertiary alicyclic amines) is 2. The van der Waals surface area contributed by atoms with E-state index in [1.54, 1.807) is 0 Å². The predicted octanol–water partition coefficient (Wildman–Crippen LogP) is 4.81. The van der Waals surface area contributed by atoms with Crippen LogP contribution in [0.4, 0.5) is 0 Å². The molecule has 0 saturated carbocycles.